The van der Waals surface area contributed by atoms with Crippen LogP contribution in [0.15, 0.2) is 82.0 Å². The molecule has 6 heteroatoms. The Bertz CT molecular complexity index is 1540. The lowest BCUT2D eigenvalue weighted by Gasteiger charge is -2.17. The molecule has 3 aromatic carbocycles. The van der Waals surface area contributed by atoms with Gasteiger partial charge in [0.1, 0.15) is 17.9 Å². The van der Waals surface area contributed by atoms with E-state index in [0.717, 1.165) is 22.1 Å². The molecular weight excluding hydrogens is 466 g/mol. The van der Waals surface area contributed by atoms with Crippen molar-refractivity contribution >= 4 is 23.0 Å². The van der Waals surface area contributed by atoms with Gasteiger partial charge in [-0.25, -0.2) is 9.59 Å². The van der Waals surface area contributed by atoms with E-state index >= 15 is 0 Å². The number of rotatable bonds is 8. The fourth-order valence-electron chi connectivity index (χ4n) is 4.02. The van der Waals surface area contributed by atoms with E-state index in [-0.39, 0.29) is 12.7 Å². The third kappa shape index (κ3) is 6.14. The molecule has 0 aliphatic heterocycles. The van der Waals surface area contributed by atoms with Crippen molar-refractivity contribution in [1.29, 1.82) is 5.26 Å². The van der Waals surface area contributed by atoms with Crippen LogP contribution in [0.2, 0.25) is 0 Å². The molecule has 0 fully saturated rings. The molecular formula is C31H27NO5. The first-order chi connectivity index (χ1) is 17.9. The number of benzene rings is 3. The summed E-state index contributed by atoms with van der Waals surface area (Å²) in [6.07, 6.45) is 3.28. The van der Waals surface area contributed by atoms with Gasteiger partial charge in [-0.05, 0) is 67.8 Å². The Labute approximate surface area is 215 Å². The minimum absolute atomic E-state index is 0.116. The summed E-state index contributed by atoms with van der Waals surface area (Å²) in [4.78, 5) is 25.5. The van der Waals surface area contributed by atoms with Crippen molar-refractivity contribution in [3.8, 4) is 11.8 Å². The zero-order valence-corrected chi connectivity index (χ0v) is 21.0. The molecule has 0 aliphatic rings. The van der Waals surface area contributed by atoms with Gasteiger partial charge in [0.2, 0.25) is 0 Å². The van der Waals surface area contributed by atoms with Crippen LogP contribution in [-0.2, 0) is 22.6 Å². The number of ether oxygens (including phenoxy) is 2. The highest BCUT2D eigenvalue weighted by atomic mass is 16.5. The average molecular weight is 494 g/mol. The second-order valence-electron chi connectivity index (χ2n) is 8.92. The van der Waals surface area contributed by atoms with Gasteiger partial charge in [-0.1, -0.05) is 42.5 Å². The predicted octanol–water partition coefficient (Wildman–Crippen LogP) is 6.11. The number of nitriles is 1. The van der Waals surface area contributed by atoms with E-state index in [0.29, 0.717) is 34.4 Å². The summed E-state index contributed by atoms with van der Waals surface area (Å²) in [5, 5.41) is 9.77. The molecule has 0 unspecified atom stereocenters. The van der Waals surface area contributed by atoms with Crippen LogP contribution >= 0.6 is 0 Å². The van der Waals surface area contributed by atoms with Gasteiger partial charge in [-0.15, -0.1) is 0 Å². The number of fused-ring (bicyclic) bond motifs is 1. The van der Waals surface area contributed by atoms with Gasteiger partial charge >= 0.3 is 11.6 Å². The van der Waals surface area contributed by atoms with E-state index in [4.69, 9.17) is 19.2 Å². The summed E-state index contributed by atoms with van der Waals surface area (Å²) in [7, 11) is 0. The fourth-order valence-corrected chi connectivity index (χ4v) is 4.02. The van der Waals surface area contributed by atoms with Crippen LogP contribution in [0, 0.1) is 18.3 Å². The van der Waals surface area contributed by atoms with Crippen LogP contribution in [0.4, 0.5) is 0 Å². The average Bonchev–Trinajstić information content (AvgIpc) is 2.90. The number of hydrogen-bond donors (Lipinski definition) is 0. The summed E-state index contributed by atoms with van der Waals surface area (Å²) in [5.41, 5.74) is 4.01. The summed E-state index contributed by atoms with van der Waals surface area (Å²) >= 11 is 0. The largest absolute Gasteiger partial charge is 0.490 e. The van der Waals surface area contributed by atoms with E-state index in [2.05, 4.69) is 6.07 Å². The lowest BCUT2D eigenvalue weighted by Crippen LogP contribution is -2.14. The Kier molecular flexibility index (Phi) is 7.85. The van der Waals surface area contributed by atoms with Crippen LogP contribution < -0.4 is 10.4 Å². The van der Waals surface area contributed by atoms with Gasteiger partial charge in [0.05, 0.1) is 23.3 Å². The van der Waals surface area contributed by atoms with Crippen LogP contribution in [-0.4, -0.2) is 12.1 Å². The first-order valence-electron chi connectivity index (χ1n) is 12.0. The second-order valence-corrected chi connectivity index (χ2v) is 8.92. The highest BCUT2D eigenvalue weighted by molar-refractivity contribution is 5.88. The second kappa shape index (κ2) is 11.4. The molecule has 0 saturated carbocycles. The standard InChI is InChI=1S/C31H27NO5/c1-20(2)36-28-15-14-25-21(3)26(17-23-9-11-24(18-32)12-10-23)31(34)37-30(25)27(28)19-35-29(33)16-13-22-7-5-4-6-8-22/h4-16,20H,17,19H2,1-3H3/b16-13+. The molecule has 0 radical (unpaired) electrons. The summed E-state index contributed by atoms with van der Waals surface area (Å²) in [5.74, 6) is -0.0300. The molecule has 0 spiro atoms. The quantitative estimate of drug-likeness (QED) is 0.167. The Balaban J connectivity index is 1.67. The fraction of sp³-hybridized carbons (Fsp3) is 0.194. The van der Waals surface area contributed by atoms with Crippen LogP contribution in [0.3, 0.4) is 0 Å². The molecule has 1 aromatic heterocycles. The molecule has 0 saturated heterocycles. The van der Waals surface area contributed by atoms with E-state index in [9.17, 15) is 9.59 Å². The molecule has 0 bridgehead atoms. The minimum Gasteiger partial charge on any atom is -0.490 e. The number of carbonyl (C=O) groups is 1. The van der Waals surface area contributed by atoms with Gasteiger partial charge in [0.25, 0.3) is 0 Å². The molecule has 1 heterocycles. The first kappa shape index (κ1) is 25.5. The number of esters is 1. The van der Waals surface area contributed by atoms with Crippen molar-refractivity contribution in [2.75, 3.05) is 0 Å². The number of aryl methyl sites for hydroxylation is 1. The number of carbonyl (C=O) groups excluding carboxylic acids is 1. The molecule has 0 N–H and O–H groups in total. The Hall–Kier alpha value is -4.63. The zero-order chi connectivity index (χ0) is 26.4. The Morgan fingerprint density at radius 2 is 1.76 bits per heavy atom. The van der Waals surface area contributed by atoms with Gasteiger partial charge in [-0.3, -0.25) is 0 Å². The van der Waals surface area contributed by atoms with E-state index < -0.39 is 11.6 Å². The minimum atomic E-state index is -0.521. The van der Waals surface area contributed by atoms with Crippen molar-refractivity contribution in [2.24, 2.45) is 0 Å². The highest BCUT2D eigenvalue weighted by Crippen LogP contribution is 2.32. The smallest absolute Gasteiger partial charge is 0.340 e. The maximum atomic E-state index is 13.1. The van der Waals surface area contributed by atoms with Crippen LogP contribution in [0.1, 0.15) is 47.2 Å². The normalized spacial score (nSPS) is 11.1. The van der Waals surface area contributed by atoms with Gasteiger partial charge in [-0.2, -0.15) is 5.26 Å². The maximum Gasteiger partial charge on any atom is 0.340 e. The molecule has 0 aliphatic carbocycles. The van der Waals surface area contributed by atoms with E-state index in [1.807, 2.05) is 75.4 Å². The summed E-state index contributed by atoms with van der Waals surface area (Å²) in [6, 6.07) is 22.3. The van der Waals surface area contributed by atoms with Crippen molar-refractivity contribution in [2.45, 2.75) is 39.9 Å². The summed E-state index contributed by atoms with van der Waals surface area (Å²) in [6.45, 7) is 5.55. The predicted molar refractivity (Wildman–Crippen MR) is 142 cm³/mol. The topological polar surface area (TPSA) is 89.5 Å². The number of hydrogen-bond acceptors (Lipinski definition) is 6. The van der Waals surface area contributed by atoms with E-state index in [1.54, 1.807) is 18.2 Å². The maximum absolute atomic E-state index is 13.1. The van der Waals surface area contributed by atoms with Gasteiger partial charge < -0.3 is 13.9 Å². The SMILES string of the molecule is Cc1c(Cc2ccc(C#N)cc2)c(=O)oc2c(COC(=O)/C=C/c3ccccc3)c(OC(C)C)ccc12. The number of nitrogens with zero attached hydrogens (tertiary/aromatic N) is 1. The van der Waals surface area contributed by atoms with Crippen molar-refractivity contribution < 1.29 is 18.7 Å². The molecule has 4 aromatic rings. The molecule has 6 nitrogen and oxygen atoms in total. The Morgan fingerprint density at radius 1 is 1.03 bits per heavy atom. The lowest BCUT2D eigenvalue weighted by molar-refractivity contribution is -0.138. The van der Waals surface area contributed by atoms with Gasteiger partial charge in [0, 0.05) is 23.4 Å². The van der Waals surface area contributed by atoms with E-state index in [1.165, 1.54) is 6.08 Å². The van der Waals surface area contributed by atoms with Gasteiger partial charge in [0.15, 0.2) is 0 Å². The summed E-state index contributed by atoms with van der Waals surface area (Å²) < 4.78 is 17.3. The Morgan fingerprint density at radius 3 is 2.43 bits per heavy atom. The van der Waals surface area contributed by atoms with Crippen LogP contribution in [0.25, 0.3) is 17.0 Å². The third-order valence-corrected chi connectivity index (χ3v) is 5.91. The molecule has 186 valence electrons. The van der Waals surface area contributed by atoms with Crippen molar-refractivity contribution in [1.82, 2.24) is 0 Å². The first-order valence-corrected chi connectivity index (χ1v) is 12.0. The van der Waals surface area contributed by atoms with Crippen molar-refractivity contribution in [3.05, 3.63) is 117 Å². The molecule has 0 atom stereocenters. The van der Waals surface area contributed by atoms with Crippen molar-refractivity contribution in [3.63, 3.8) is 0 Å². The third-order valence-electron chi connectivity index (χ3n) is 5.91. The molecule has 37 heavy (non-hydrogen) atoms. The lowest BCUT2D eigenvalue weighted by atomic mass is 9.97. The molecule has 0 amide bonds. The zero-order valence-electron chi connectivity index (χ0n) is 21.0. The monoisotopic (exact) mass is 493 g/mol. The highest BCUT2D eigenvalue weighted by Gasteiger charge is 2.19. The molecule has 4 rings (SSSR count). The van der Waals surface area contributed by atoms with Crippen LogP contribution in [0.5, 0.6) is 5.75 Å².